The zero-order valence-electron chi connectivity index (χ0n) is 10.4. The van der Waals surface area contributed by atoms with Crippen LogP contribution in [-0.4, -0.2) is 50.2 Å². The molecule has 0 atom stereocenters. The Morgan fingerprint density at radius 2 is 2.18 bits per heavy atom. The fourth-order valence-electron chi connectivity index (χ4n) is 1.31. The number of nitrogens with zero attached hydrogens (tertiary/aromatic N) is 1. The van der Waals surface area contributed by atoms with E-state index in [-0.39, 0.29) is 17.2 Å². The summed E-state index contributed by atoms with van der Waals surface area (Å²) in [5, 5.41) is 12.3. The summed E-state index contributed by atoms with van der Waals surface area (Å²) in [5.74, 6) is 0.192. The van der Waals surface area contributed by atoms with Crippen LogP contribution in [0.3, 0.4) is 0 Å². The number of phenols is 1. The highest BCUT2D eigenvalue weighted by Gasteiger charge is 2.11. The van der Waals surface area contributed by atoms with Crippen LogP contribution in [0, 0.1) is 0 Å². The van der Waals surface area contributed by atoms with E-state index in [0.29, 0.717) is 12.3 Å². The van der Waals surface area contributed by atoms with E-state index in [2.05, 4.69) is 5.32 Å². The minimum absolute atomic E-state index is 0.0480. The number of methoxy groups -OCH3 is 1. The van der Waals surface area contributed by atoms with Crippen LogP contribution in [0.15, 0.2) is 18.2 Å². The number of rotatable bonds is 5. The molecule has 1 rings (SSSR count). The summed E-state index contributed by atoms with van der Waals surface area (Å²) in [6.07, 6.45) is 0. The summed E-state index contributed by atoms with van der Waals surface area (Å²) in [6.45, 7) is 1.28. The lowest BCUT2D eigenvalue weighted by Crippen LogP contribution is -2.31. The molecule has 0 saturated heterocycles. The molecule has 5 heteroatoms. The van der Waals surface area contributed by atoms with Gasteiger partial charge in [0.2, 0.25) is 0 Å². The highest BCUT2D eigenvalue weighted by molar-refractivity contribution is 5.97. The van der Waals surface area contributed by atoms with Gasteiger partial charge in [0, 0.05) is 13.1 Å². The lowest BCUT2D eigenvalue weighted by Gasteiger charge is -2.11. The van der Waals surface area contributed by atoms with Gasteiger partial charge in [-0.2, -0.15) is 0 Å². The van der Waals surface area contributed by atoms with Crippen molar-refractivity contribution in [2.24, 2.45) is 0 Å². The molecule has 0 aromatic heterocycles. The Labute approximate surface area is 101 Å². The molecule has 0 unspecified atom stereocenters. The lowest BCUT2D eigenvalue weighted by atomic mass is 10.1. The third kappa shape index (κ3) is 3.96. The zero-order valence-corrected chi connectivity index (χ0v) is 10.4. The normalized spacial score (nSPS) is 10.4. The van der Waals surface area contributed by atoms with Crippen molar-refractivity contribution in [3.8, 4) is 11.5 Å². The second kappa shape index (κ2) is 6.10. The third-order valence-electron chi connectivity index (χ3n) is 2.29. The molecule has 0 bridgehead atoms. The Kier molecular flexibility index (Phi) is 4.78. The van der Waals surface area contributed by atoms with Gasteiger partial charge < -0.3 is 20.1 Å². The van der Waals surface area contributed by atoms with Gasteiger partial charge in [-0.15, -0.1) is 0 Å². The van der Waals surface area contributed by atoms with Crippen molar-refractivity contribution in [1.29, 1.82) is 0 Å². The zero-order chi connectivity index (χ0) is 12.8. The van der Waals surface area contributed by atoms with Gasteiger partial charge >= 0.3 is 0 Å². The predicted octanol–water partition coefficient (Wildman–Crippen LogP) is 0.692. The third-order valence-corrected chi connectivity index (χ3v) is 2.29. The molecule has 0 radical (unpaired) electrons. The molecule has 1 amide bonds. The summed E-state index contributed by atoms with van der Waals surface area (Å²) in [6, 6.07) is 4.56. The monoisotopic (exact) mass is 238 g/mol. The largest absolute Gasteiger partial charge is 0.507 e. The molecule has 0 saturated carbocycles. The van der Waals surface area contributed by atoms with Crippen LogP contribution in [0.25, 0.3) is 0 Å². The van der Waals surface area contributed by atoms with Gasteiger partial charge in [-0.1, -0.05) is 0 Å². The lowest BCUT2D eigenvalue weighted by molar-refractivity contribution is 0.0948. The van der Waals surface area contributed by atoms with Crippen molar-refractivity contribution in [2.45, 2.75) is 0 Å². The molecular weight excluding hydrogens is 220 g/mol. The van der Waals surface area contributed by atoms with E-state index < -0.39 is 0 Å². The number of carbonyl (C=O) groups excluding carboxylic acids is 1. The van der Waals surface area contributed by atoms with Gasteiger partial charge in [0.15, 0.2) is 0 Å². The number of hydrogen-bond acceptors (Lipinski definition) is 4. The molecule has 1 aromatic carbocycles. The number of hydrogen-bond donors (Lipinski definition) is 2. The first-order chi connectivity index (χ1) is 8.04. The topological polar surface area (TPSA) is 61.8 Å². The maximum Gasteiger partial charge on any atom is 0.255 e. The molecule has 94 valence electrons. The predicted molar refractivity (Wildman–Crippen MR) is 65.5 cm³/mol. The molecule has 1 aromatic rings. The molecule has 0 fully saturated rings. The van der Waals surface area contributed by atoms with Crippen LogP contribution >= 0.6 is 0 Å². The van der Waals surface area contributed by atoms with Crippen molar-refractivity contribution in [3.63, 3.8) is 0 Å². The van der Waals surface area contributed by atoms with Crippen LogP contribution in [0.2, 0.25) is 0 Å². The van der Waals surface area contributed by atoms with E-state index in [4.69, 9.17) is 4.74 Å². The molecule has 0 spiro atoms. The van der Waals surface area contributed by atoms with Crippen LogP contribution in [0.4, 0.5) is 0 Å². The van der Waals surface area contributed by atoms with Crippen LogP contribution in [0.1, 0.15) is 10.4 Å². The smallest absolute Gasteiger partial charge is 0.255 e. The van der Waals surface area contributed by atoms with Crippen molar-refractivity contribution in [1.82, 2.24) is 10.2 Å². The van der Waals surface area contributed by atoms with Crippen LogP contribution in [-0.2, 0) is 0 Å². The maximum atomic E-state index is 11.8. The van der Waals surface area contributed by atoms with Gasteiger partial charge in [0.05, 0.1) is 12.7 Å². The van der Waals surface area contributed by atoms with E-state index >= 15 is 0 Å². The number of phenolic OH excluding ortho intramolecular Hbond substituents is 1. The number of amides is 1. The minimum Gasteiger partial charge on any atom is -0.507 e. The average Bonchev–Trinajstić information content (AvgIpc) is 2.29. The fraction of sp³-hybridized carbons (Fsp3) is 0.417. The molecule has 0 aliphatic rings. The summed E-state index contributed by atoms with van der Waals surface area (Å²) in [5.41, 5.74) is 0.225. The molecule has 0 aliphatic carbocycles. The van der Waals surface area contributed by atoms with Crippen LogP contribution in [0.5, 0.6) is 11.5 Å². The summed E-state index contributed by atoms with van der Waals surface area (Å²) < 4.78 is 5.00. The number of benzene rings is 1. The Morgan fingerprint density at radius 1 is 1.47 bits per heavy atom. The van der Waals surface area contributed by atoms with E-state index in [1.807, 2.05) is 19.0 Å². The van der Waals surface area contributed by atoms with E-state index in [9.17, 15) is 9.90 Å². The second-order valence-corrected chi connectivity index (χ2v) is 3.94. The minimum atomic E-state index is -0.303. The van der Waals surface area contributed by atoms with Gasteiger partial charge in [-0.25, -0.2) is 0 Å². The highest BCUT2D eigenvalue weighted by Crippen LogP contribution is 2.22. The maximum absolute atomic E-state index is 11.8. The molecule has 2 N–H and O–H groups in total. The van der Waals surface area contributed by atoms with Gasteiger partial charge in [0.1, 0.15) is 11.5 Å². The van der Waals surface area contributed by atoms with Crippen molar-refractivity contribution in [2.75, 3.05) is 34.3 Å². The first-order valence-corrected chi connectivity index (χ1v) is 5.34. The number of aromatic hydroxyl groups is 1. The number of carbonyl (C=O) groups is 1. The van der Waals surface area contributed by atoms with E-state index in [0.717, 1.165) is 6.54 Å². The van der Waals surface area contributed by atoms with Gasteiger partial charge in [0.25, 0.3) is 5.91 Å². The van der Waals surface area contributed by atoms with Crippen LogP contribution < -0.4 is 10.1 Å². The SMILES string of the molecule is COc1ccc(O)c(C(=O)NCCN(C)C)c1. The van der Waals surface area contributed by atoms with E-state index in [1.54, 1.807) is 6.07 Å². The first kappa shape index (κ1) is 13.3. The standard InChI is InChI=1S/C12H18N2O3/c1-14(2)7-6-13-12(16)10-8-9(17-3)4-5-11(10)15/h4-5,8,15H,6-7H2,1-3H3,(H,13,16). The highest BCUT2D eigenvalue weighted by atomic mass is 16.5. The van der Waals surface area contributed by atoms with Crippen molar-refractivity contribution >= 4 is 5.91 Å². The number of likely N-dealkylation sites (N-methyl/N-ethyl adjacent to an activating group) is 1. The number of ether oxygens (including phenoxy) is 1. The van der Waals surface area contributed by atoms with Crippen molar-refractivity contribution < 1.29 is 14.6 Å². The van der Waals surface area contributed by atoms with E-state index in [1.165, 1.54) is 19.2 Å². The van der Waals surface area contributed by atoms with Crippen molar-refractivity contribution in [3.05, 3.63) is 23.8 Å². The molecule has 0 heterocycles. The second-order valence-electron chi connectivity index (χ2n) is 3.94. The molecular formula is C12H18N2O3. The fourth-order valence-corrected chi connectivity index (χ4v) is 1.31. The van der Waals surface area contributed by atoms with Gasteiger partial charge in [-0.05, 0) is 32.3 Å². The molecule has 5 nitrogen and oxygen atoms in total. The summed E-state index contributed by atoms with van der Waals surface area (Å²) >= 11 is 0. The number of nitrogens with one attached hydrogen (secondary N) is 1. The summed E-state index contributed by atoms with van der Waals surface area (Å²) in [4.78, 5) is 13.7. The quantitative estimate of drug-likeness (QED) is 0.792. The first-order valence-electron chi connectivity index (χ1n) is 5.34. The molecule has 17 heavy (non-hydrogen) atoms. The Balaban J connectivity index is 2.67. The summed E-state index contributed by atoms with van der Waals surface area (Å²) in [7, 11) is 5.37. The molecule has 0 aliphatic heterocycles. The Bertz CT molecular complexity index is 391. The average molecular weight is 238 g/mol. The Hall–Kier alpha value is -1.75. The van der Waals surface area contributed by atoms with Gasteiger partial charge in [-0.3, -0.25) is 4.79 Å². The Morgan fingerprint density at radius 3 is 2.76 bits per heavy atom.